The second-order valence-corrected chi connectivity index (χ2v) is 5.20. The van der Waals surface area contributed by atoms with Gasteiger partial charge in [-0.15, -0.1) is 0 Å². The zero-order chi connectivity index (χ0) is 19.6. The molecule has 0 saturated heterocycles. The van der Waals surface area contributed by atoms with Gasteiger partial charge in [0.2, 0.25) is 23.6 Å². The number of carbonyl (C=O) groups is 5. The molecule has 0 aromatic rings. The van der Waals surface area contributed by atoms with Gasteiger partial charge in [0.15, 0.2) is 0 Å². The number of primary amides is 1. The molecule has 0 aliphatic rings. The molecule has 0 saturated carbocycles. The van der Waals surface area contributed by atoms with Gasteiger partial charge in [-0.3, -0.25) is 24.0 Å². The SMILES string of the molecule is CC(NC(=O)C(N)CCC(N)=O)C(=O)NC(CO)C(=O)NCC(=O)O. The second-order valence-electron chi connectivity index (χ2n) is 5.20. The Labute approximate surface area is 143 Å². The number of rotatable bonds is 11. The number of aliphatic hydroxyl groups is 1. The van der Waals surface area contributed by atoms with Gasteiger partial charge in [0, 0.05) is 6.42 Å². The molecule has 12 heteroatoms. The number of nitrogens with one attached hydrogen (secondary N) is 3. The molecule has 0 radical (unpaired) electrons. The lowest BCUT2D eigenvalue weighted by Gasteiger charge is -2.20. The van der Waals surface area contributed by atoms with Crippen molar-refractivity contribution in [2.75, 3.05) is 13.2 Å². The van der Waals surface area contributed by atoms with E-state index in [9.17, 15) is 24.0 Å². The molecule has 0 fully saturated rings. The second kappa shape index (κ2) is 10.9. The predicted molar refractivity (Wildman–Crippen MR) is 83.7 cm³/mol. The smallest absolute Gasteiger partial charge is 0.322 e. The maximum atomic E-state index is 11.9. The van der Waals surface area contributed by atoms with Gasteiger partial charge >= 0.3 is 5.97 Å². The van der Waals surface area contributed by atoms with E-state index in [4.69, 9.17) is 21.7 Å². The molecule has 0 spiro atoms. The lowest BCUT2D eigenvalue weighted by molar-refractivity contribution is -0.138. The molecule has 0 heterocycles. The van der Waals surface area contributed by atoms with Gasteiger partial charge in [-0.05, 0) is 13.3 Å². The van der Waals surface area contributed by atoms with Crippen molar-refractivity contribution in [3.63, 3.8) is 0 Å². The molecule has 0 aromatic heterocycles. The van der Waals surface area contributed by atoms with Crippen LogP contribution in [0, 0.1) is 0 Å². The number of carboxylic acids is 1. The number of nitrogens with two attached hydrogens (primary N) is 2. The third-order valence-electron chi connectivity index (χ3n) is 3.02. The minimum Gasteiger partial charge on any atom is -0.480 e. The van der Waals surface area contributed by atoms with Crippen LogP contribution in [0.5, 0.6) is 0 Å². The molecule has 0 aliphatic carbocycles. The average Bonchev–Trinajstić information content (AvgIpc) is 2.54. The number of aliphatic hydroxyl groups excluding tert-OH is 1. The van der Waals surface area contributed by atoms with E-state index in [2.05, 4.69) is 10.6 Å². The fourth-order valence-corrected chi connectivity index (χ4v) is 1.59. The van der Waals surface area contributed by atoms with Gasteiger partial charge in [0.1, 0.15) is 18.6 Å². The highest BCUT2D eigenvalue weighted by molar-refractivity contribution is 5.93. The summed E-state index contributed by atoms with van der Waals surface area (Å²) >= 11 is 0. The molecule has 0 rings (SSSR count). The molecule has 3 atom stereocenters. The van der Waals surface area contributed by atoms with Crippen LogP contribution >= 0.6 is 0 Å². The van der Waals surface area contributed by atoms with E-state index < -0.39 is 60.9 Å². The van der Waals surface area contributed by atoms with Crippen LogP contribution in [0.15, 0.2) is 0 Å². The van der Waals surface area contributed by atoms with E-state index in [1.807, 2.05) is 5.32 Å². The van der Waals surface area contributed by atoms with Crippen LogP contribution < -0.4 is 27.4 Å². The predicted octanol–water partition coefficient (Wildman–Crippen LogP) is -4.24. The first-order valence-electron chi connectivity index (χ1n) is 7.33. The van der Waals surface area contributed by atoms with Gasteiger partial charge < -0.3 is 37.6 Å². The summed E-state index contributed by atoms with van der Waals surface area (Å²) < 4.78 is 0. The highest BCUT2D eigenvalue weighted by Crippen LogP contribution is 1.96. The van der Waals surface area contributed by atoms with Crippen molar-refractivity contribution in [3.05, 3.63) is 0 Å². The number of carboxylic acid groups (broad SMARTS) is 1. The molecule has 12 nitrogen and oxygen atoms in total. The topological polar surface area (TPSA) is 214 Å². The molecule has 0 bridgehead atoms. The average molecular weight is 361 g/mol. The summed E-state index contributed by atoms with van der Waals surface area (Å²) in [4.78, 5) is 56.3. The Kier molecular flexibility index (Phi) is 9.74. The largest absolute Gasteiger partial charge is 0.480 e. The highest BCUT2D eigenvalue weighted by Gasteiger charge is 2.25. The third-order valence-corrected chi connectivity index (χ3v) is 3.02. The first-order chi connectivity index (χ1) is 11.6. The molecule has 9 N–H and O–H groups in total. The van der Waals surface area contributed by atoms with Crippen molar-refractivity contribution < 1.29 is 34.2 Å². The van der Waals surface area contributed by atoms with Crippen molar-refractivity contribution >= 4 is 29.6 Å². The van der Waals surface area contributed by atoms with Gasteiger partial charge in [0.25, 0.3) is 0 Å². The monoisotopic (exact) mass is 361 g/mol. The molecule has 0 aromatic carbocycles. The molecule has 3 unspecified atom stereocenters. The van der Waals surface area contributed by atoms with Crippen LogP contribution in [0.3, 0.4) is 0 Å². The highest BCUT2D eigenvalue weighted by atomic mass is 16.4. The van der Waals surface area contributed by atoms with E-state index in [1.165, 1.54) is 6.92 Å². The minimum absolute atomic E-state index is 0.00631. The summed E-state index contributed by atoms with van der Waals surface area (Å²) in [6.45, 7) is -0.125. The Hall–Kier alpha value is -2.73. The first kappa shape index (κ1) is 22.3. The molecular weight excluding hydrogens is 338 g/mol. The van der Waals surface area contributed by atoms with Crippen molar-refractivity contribution in [1.29, 1.82) is 0 Å². The zero-order valence-electron chi connectivity index (χ0n) is 13.7. The Morgan fingerprint density at radius 3 is 2.12 bits per heavy atom. The Bertz CT molecular complexity index is 525. The van der Waals surface area contributed by atoms with Crippen molar-refractivity contribution in [2.45, 2.75) is 37.9 Å². The van der Waals surface area contributed by atoms with E-state index in [1.54, 1.807) is 0 Å². The summed E-state index contributed by atoms with van der Waals surface area (Å²) in [7, 11) is 0. The van der Waals surface area contributed by atoms with Gasteiger partial charge in [-0.2, -0.15) is 0 Å². The Morgan fingerprint density at radius 2 is 1.64 bits per heavy atom. The summed E-state index contributed by atoms with van der Waals surface area (Å²) in [6, 6.07) is -3.52. The minimum atomic E-state index is -1.38. The third kappa shape index (κ3) is 9.22. The summed E-state index contributed by atoms with van der Waals surface area (Å²) in [5, 5.41) is 24.0. The molecule has 4 amide bonds. The fourth-order valence-electron chi connectivity index (χ4n) is 1.59. The Morgan fingerprint density at radius 1 is 1.04 bits per heavy atom. The van der Waals surface area contributed by atoms with E-state index in [0.29, 0.717) is 0 Å². The van der Waals surface area contributed by atoms with Gasteiger partial charge in [-0.1, -0.05) is 0 Å². The van der Waals surface area contributed by atoms with Gasteiger partial charge in [-0.25, -0.2) is 0 Å². The van der Waals surface area contributed by atoms with Crippen LogP contribution in [0.25, 0.3) is 0 Å². The summed E-state index contributed by atoms with van der Waals surface area (Å²) in [6.07, 6.45) is -0.0855. The van der Waals surface area contributed by atoms with Crippen molar-refractivity contribution in [1.82, 2.24) is 16.0 Å². The van der Waals surface area contributed by atoms with Gasteiger partial charge in [0.05, 0.1) is 12.6 Å². The first-order valence-corrected chi connectivity index (χ1v) is 7.33. The molecular formula is C13H23N5O7. The normalized spacial score (nSPS) is 13.9. The lowest BCUT2D eigenvalue weighted by Crippen LogP contribution is -2.56. The maximum absolute atomic E-state index is 11.9. The van der Waals surface area contributed by atoms with Crippen molar-refractivity contribution in [2.24, 2.45) is 11.5 Å². The van der Waals surface area contributed by atoms with E-state index >= 15 is 0 Å². The van der Waals surface area contributed by atoms with Crippen molar-refractivity contribution in [3.8, 4) is 0 Å². The van der Waals surface area contributed by atoms with E-state index in [-0.39, 0.29) is 12.8 Å². The van der Waals surface area contributed by atoms with Crippen LogP contribution in [0.1, 0.15) is 19.8 Å². The molecule has 142 valence electrons. The summed E-state index contributed by atoms with van der Waals surface area (Å²) in [5.74, 6) is -4.29. The van der Waals surface area contributed by atoms with Crippen LogP contribution in [0.2, 0.25) is 0 Å². The number of hydrogen-bond donors (Lipinski definition) is 7. The van der Waals surface area contributed by atoms with E-state index in [0.717, 1.165) is 0 Å². The summed E-state index contributed by atoms with van der Waals surface area (Å²) in [5.41, 5.74) is 10.5. The fraction of sp³-hybridized carbons (Fsp3) is 0.615. The number of carbonyl (C=O) groups excluding carboxylic acids is 4. The maximum Gasteiger partial charge on any atom is 0.322 e. The van der Waals surface area contributed by atoms with Crippen LogP contribution in [-0.2, 0) is 24.0 Å². The molecule has 25 heavy (non-hydrogen) atoms. The standard InChI is InChI=1S/C13H23N5O7/c1-6(17-12(24)7(14)2-3-9(15)20)11(23)18-8(5-19)13(25)16-4-10(21)22/h6-8,19H,2-5,14H2,1H3,(H2,15,20)(H,16,25)(H,17,24)(H,18,23)(H,21,22). The quantitative estimate of drug-likeness (QED) is 0.191. The van der Waals surface area contributed by atoms with Crippen LogP contribution in [0.4, 0.5) is 0 Å². The number of aliphatic carboxylic acids is 1. The molecule has 0 aliphatic heterocycles. The Balaban J connectivity index is 4.51. The number of hydrogen-bond acceptors (Lipinski definition) is 7. The number of amides is 4. The zero-order valence-corrected chi connectivity index (χ0v) is 13.7. The van der Waals surface area contributed by atoms with Crippen LogP contribution in [-0.4, -0.2) is 71.1 Å². The lowest BCUT2D eigenvalue weighted by atomic mass is 10.1.